The van der Waals surface area contributed by atoms with Crippen molar-refractivity contribution in [3.63, 3.8) is 0 Å². The van der Waals surface area contributed by atoms with Crippen LogP contribution in [0.3, 0.4) is 0 Å². The molecule has 2 aromatic rings. The molecule has 0 amide bonds. The Kier molecular flexibility index (Phi) is 4.53. The summed E-state index contributed by atoms with van der Waals surface area (Å²) in [6.45, 7) is 0. The van der Waals surface area contributed by atoms with Crippen LogP contribution in [-0.2, 0) is 10.0 Å². The number of benzene rings is 2. The number of thioether (sulfide) groups is 1. The van der Waals surface area contributed by atoms with E-state index in [2.05, 4.69) is 10.1 Å². The highest BCUT2D eigenvalue weighted by Crippen LogP contribution is 2.27. The molecule has 0 unspecified atom stereocenters. The maximum absolute atomic E-state index is 12.3. The molecule has 0 radical (unpaired) electrons. The van der Waals surface area contributed by atoms with Crippen LogP contribution in [0, 0.1) is 0 Å². The molecule has 0 saturated carbocycles. The lowest BCUT2D eigenvalue weighted by Gasteiger charge is -2.11. The lowest BCUT2D eigenvalue weighted by Crippen LogP contribution is -2.14. The minimum absolute atomic E-state index is 0.187. The fourth-order valence-corrected chi connectivity index (χ4v) is 3.36. The van der Waals surface area contributed by atoms with Gasteiger partial charge in [-0.1, -0.05) is 12.1 Å². The highest BCUT2D eigenvalue weighted by molar-refractivity contribution is 7.99. The zero-order chi connectivity index (χ0) is 14.6. The molecule has 0 aromatic heterocycles. The zero-order valence-electron chi connectivity index (χ0n) is 10.8. The van der Waals surface area contributed by atoms with E-state index in [-0.39, 0.29) is 4.90 Å². The number of rotatable bonds is 5. The number of hydrazine groups is 1. The third-order valence-corrected chi connectivity index (χ3v) is 4.86. The second-order valence-corrected chi connectivity index (χ2v) is 6.50. The van der Waals surface area contributed by atoms with Crippen molar-refractivity contribution in [3.8, 4) is 0 Å². The van der Waals surface area contributed by atoms with Gasteiger partial charge in [0.2, 0.25) is 0 Å². The summed E-state index contributed by atoms with van der Waals surface area (Å²) in [5.74, 6) is 5.25. The predicted molar refractivity (Wildman–Crippen MR) is 83.3 cm³/mol. The first-order valence-electron chi connectivity index (χ1n) is 5.79. The maximum Gasteiger partial charge on any atom is 0.261 e. The van der Waals surface area contributed by atoms with Gasteiger partial charge in [0.05, 0.1) is 10.6 Å². The Morgan fingerprint density at radius 2 is 1.70 bits per heavy atom. The minimum atomic E-state index is -3.60. The fourth-order valence-electron chi connectivity index (χ4n) is 1.66. The number of para-hydroxylation sites is 1. The van der Waals surface area contributed by atoms with Crippen LogP contribution in [0.4, 0.5) is 11.4 Å². The van der Waals surface area contributed by atoms with E-state index >= 15 is 0 Å². The van der Waals surface area contributed by atoms with Gasteiger partial charge in [-0.05, 0) is 42.7 Å². The van der Waals surface area contributed by atoms with Crippen LogP contribution in [0.1, 0.15) is 0 Å². The predicted octanol–water partition coefficient (Wildman–Crippen LogP) is 2.49. The van der Waals surface area contributed by atoms with E-state index in [1.54, 1.807) is 24.3 Å². The van der Waals surface area contributed by atoms with Crippen molar-refractivity contribution >= 4 is 33.2 Å². The number of sulfonamides is 1. The second kappa shape index (κ2) is 6.17. The Morgan fingerprint density at radius 1 is 1.05 bits per heavy atom. The number of hydrogen-bond acceptors (Lipinski definition) is 5. The smallest absolute Gasteiger partial charge is 0.261 e. The number of nitrogen functional groups attached to an aromatic ring is 1. The summed E-state index contributed by atoms with van der Waals surface area (Å²) in [5, 5.41) is 0. The third-order valence-electron chi connectivity index (χ3n) is 2.68. The first kappa shape index (κ1) is 14.7. The molecule has 2 rings (SSSR count). The van der Waals surface area contributed by atoms with Crippen LogP contribution in [0.25, 0.3) is 0 Å². The lowest BCUT2D eigenvalue weighted by molar-refractivity contribution is 0.601. The largest absolute Gasteiger partial charge is 0.324 e. The van der Waals surface area contributed by atoms with E-state index in [4.69, 9.17) is 5.84 Å². The molecule has 0 bridgehead atoms. The average Bonchev–Trinajstić information content (AvgIpc) is 2.47. The molecular weight excluding hydrogens is 294 g/mol. The standard InChI is InChI=1S/C13H15N3O2S2/c1-19-13-5-3-2-4-12(13)16-20(17,18)11-8-6-10(15-14)7-9-11/h2-9,15-16H,14H2,1H3. The van der Waals surface area contributed by atoms with Gasteiger partial charge < -0.3 is 5.43 Å². The zero-order valence-corrected chi connectivity index (χ0v) is 12.5. The summed E-state index contributed by atoms with van der Waals surface area (Å²) < 4.78 is 27.2. The Hall–Kier alpha value is -1.70. The van der Waals surface area contributed by atoms with Crippen molar-refractivity contribution in [2.24, 2.45) is 5.84 Å². The Balaban J connectivity index is 2.30. The van der Waals surface area contributed by atoms with Gasteiger partial charge in [0, 0.05) is 10.6 Å². The molecule has 0 aliphatic heterocycles. The highest BCUT2D eigenvalue weighted by atomic mass is 32.2. The molecule has 0 heterocycles. The van der Waals surface area contributed by atoms with Crippen molar-refractivity contribution in [2.45, 2.75) is 9.79 Å². The molecule has 0 saturated heterocycles. The Labute approximate surface area is 122 Å². The van der Waals surface area contributed by atoms with E-state index in [1.165, 1.54) is 23.9 Å². The van der Waals surface area contributed by atoms with Gasteiger partial charge in [0.1, 0.15) is 0 Å². The average molecular weight is 309 g/mol. The maximum atomic E-state index is 12.3. The molecule has 0 aliphatic carbocycles. The van der Waals surface area contributed by atoms with Gasteiger partial charge in [-0.2, -0.15) is 0 Å². The fraction of sp³-hybridized carbons (Fsp3) is 0.0769. The molecule has 106 valence electrons. The number of nitrogens with one attached hydrogen (secondary N) is 2. The van der Waals surface area contributed by atoms with Crippen LogP contribution < -0.4 is 16.0 Å². The highest BCUT2D eigenvalue weighted by Gasteiger charge is 2.15. The molecule has 0 fully saturated rings. The third kappa shape index (κ3) is 3.24. The van der Waals surface area contributed by atoms with Gasteiger partial charge in [-0.25, -0.2) is 8.42 Å². The van der Waals surface area contributed by atoms with E-state index < -0.39 is 10.0 Å². The van der Waals surface area contributed by atoms with E-state index in [9.17, 15) is 8.42 Å². The quantitative estimate of drug-likeness (QED) is 0.449. The summed E-state index contributed by atoms with van der Waals surface area (Å²) in [5.41, 5.74) is 3.67. The van der Waals surface area contributed by atoms with E-state index in [0.29, 0.717) is 11.4 Å². The Morgan fingerprint density at radius 3 is 2.30 bits per heavy atom. The molecule has 0 spiro atoms. The van der Waals surface area contributed by atoms with Crippen molar-refractivity contribution in [1.82, 2.24) is 0 Å². The number of nitrogens with two attached hydrogens (primary N) is 1. The van der Waals surface area contributed by atoms with Crippen molar-refractivity contribution in [3.05, 3.63) is 48.5 Å². The normalized spacial score (nSPS) is 11.1. The van der Waals surface area contributed by atoms with E-state index in [0.717, 1.165) is 4.90 Å². The van der Waals surface area contributed by atoms with Gasteiger partial charge in [0.15, 0.2) is 0 Å². The molecule has 0 aliphatic rings. The van der Waals surface area contributed by atoms with Gasteiger partial charge >= 0.3 is 0 Å². The Bertz CT molecular complexity index is 685. The van der Waals surface area contributed by atoms with Crippen molar-refractivity contribution < 1.29 is 8.42 Å². The van der Waals surface area contributed by atoms with Gasteiger partial charge in [0.25, 0.3) is 10.0 Å². The second-order valence-electron chi connectivity index (χ2n) is 3.97. The molecule has 7 heteroatoms. The summed E-state index contributed by atoms with van der Waals surface area (Å²) in [6.07, 6.45) is 1.90. The summed E-state index contributed by atoms with van der Waals surface area (Å²) >= 11 is 1.48. The summed E-state index contributed by atoms with van der Waals surface area (Å²) in [7, 11) is -3.60. The van der Waals surface area contributed by atoms with Crippen molar-refractivity contribution in [1.29, 1.82) is 0 Å². The van der Waals surface area contributed by atoms with Gasteiger partial charge in [-0.3, -0.25) is 10.6 Å². The molecule has 4 N–H and O–H groups in total. The lowest BCUT2D eigenvalue weighted by atomic mass is 10.3. The van der Waals surface area contributed by atoms with Crippen LogP contribution >= 0.6 is 11.8 Å². The minimum Gasteiger partial charge on any atom is -0.324 e. The van der Waals surface area contributed by atoms with Gasteiger partial charge in [-0.15, -0.1) is 11.8 Å². The van der Waals surface area contributed by atoms with Crippen LogP contribution in [0.2, 0.25) is 0 Å². The molecule has 20 heavy (non-hydrogen) atoms. The van der Waals surface area contributed by atoms with Crippen LogP contribution in [-0.4, -0.2) is 14.7 Å². The van der Waals surface area contributed by atoms with E-state index in [1.807, 2.05) is 18.4 Å². The first-order chi connectivity index (χ1) is 9.56. The molecular formula is C13H15N3O2S2. The number of hydrogen-bond donors (Lipinski definition) is 3. The molecule has 5 nitrogen and oxygen atoms in total. The summed E-state index contributed by atoms with van der Waals surface area (Å²) in [6, 6.07) is 13.5. The number of anilines is 2. The topological polar surface area (TPSA) is 84.2 Å². The van der Waals surface area contributed by atoms with Crippen LogP contribution in [0.15, 0.2) is 58.3 Å². The summed E-state index contributed by atoms with van der Waals surface area (Å²) in [4.78, 5) is 1.06. The monoisotopic (exact) mass is 309 g/mol. The molecule has 2 aromatic carbocycles. The first-order valence-corrected chi connectivity index (χ1v) is 8.50. The SMILES string of the molecule is CSc1ccccc1NS(=O)(=O)c1ccc(NN)cc1. The van der Waals surface area contributed by atoms with Crippen molar-refractivity contribution in [2.75, 3.05) is 16.4 Å². The molecule has 0 atom stereocenters. The van der Waals surface area contributed by atoms with Crippen LogP contribution in [0.5, 0.6) is 0 Å².